The molecule has 1 heterocycles. The molecule has 0 aliphatic carbocycles. The zero-order valence-corrected chi connectivity index (χ0v) is 13.3. The molecule has 0 amide bonds. The van der Waals surface area contributed by atoms with Crippen molar-refractivity contribution < 1.29 is 0 Å². The van der Waals surface area contributed by atoms with Gasteiger partial charge in [0.1, 0.15) is 0 Å². The third kappa shape index (κ3) is 4.07. The van der Waals surface area contributed by atoms with E-state index in [-0.39, 0.29) is 0 Å². The summed E-state index contributed by atoms with van der Waals surface area (Å²) in [6, 6.07) is 12.1. The Bertz CT molecular complexity index is 376. The summed E-state index contributed by atoms with van der Waals surface area (Å²) in [6.45, 7) is 10.5. The third-order valence-electron chi connectivity index (χ3n) is 4.76. The Morgan fingerprint density at radius 2 is 2.00 bits per heavy atom. The number of nitrogens with zero attached hydrogens (tertiary/aromatic N) is 1. The lowest BCUT2D eigenvalue weighted by Gasteiger charge is -2.40. The summed E-state index contributed by atoms with van der Waals surface area (Å²) >= 11 is 0. The van der Waals surface area contributed by atoms with Gasteiger partial charge in [-0.1, -0.05) is 44.2 Å². The van der Waals surface area contributed by atoms with Gasteiger partial charge in [0.25, 0.3) is 0 Å². The van der Waals surface area contributed by atoms with Gasteiger partial charge in [0.15, 0.2) is 0 Å². The van der Waals surface area contributed by atoms with Crippen LogP contribution in [0, 0.1) is 5.92 Å². The Balaban J connectivity index is 2.03. The molecule has 1 aromatic carbocycles. The molecule has 3 unspecified atom stereocenters. The molecule has 1 N–H and O–H groups in total. The lowest BCUT2D eigenvalue weighted by Crippen LogP contribution is -2.46. The first-order chi connectivity index (χ1) is 9.72. The van der Waals surface area contributed by atoms with Crippen LogP contribution in [0.1, 0.15) is 51.6 Å². The number of nitrogens with one attached hydrogen (secondary N) is 1. The highest BCUT2D eigenvalue weighted by Crippen LogP contribution is 2.25. The predicted octanol–water partition coefficient (Wildman–Crippen LogP) is 3.85. The van der Waals surface area contributed by atoms with Gasteiger partial charge in [-0.15, -0.1) is 0 Å². The van der Waals surface area contributed by atoms with Crippen LogP contribution >= 0.6 is 0 Å². The molecule has 1 saturated heterocycles. The summed E-state index contributed by atoms with van der Waals surface area (Å²) < 4.78 is 0. The minimum Gasteiger partial charge on any atom is -0.309 e. The normalized spacial score (nSPS) is 25.6. The van der Waals surface area contributed by atoms with Gasteiger partial charge in [-0.2, -0.15) is 0 Å². The molecule has 0 bridgehead atoms. The quantitative estimate of drug-likeness (QED) is 0.847. The van der Waals surface area contributed by atoms with E-state index in [1.165, 1.54) is 31.4 Å². The molecular formula is C18H30N2. The second kappa shape index (κ2) is 7.80. The molecule has 112 valence electrons. The predicted molar refractivity (Wildman–Crippen MR) is 86.9 cm³/mol. The van der Waals surface area contributed by atoms with Gasteiger partial charge in [0.2, 0.25) is 0 Å². The van der Waals surface area contributed by atoms with Gasteiger partial charge in [-0.05, 0) is 50.8 Å². The van der Waals surface area contributed by atoms with E-state index in [0.717, 1.165) is 19.0 Å². The van der Waals surface area contributed by atoms with Crippen LogP contribution in [0.5, 0.6) is 0 Å². The lowest BCUT2D eigenvalue weighted by molar-refractivity contribution is 0.102. The average molecular weight is 274 g/mol. The van der Waals surface area contributed by atoms with Crippen molar-refractivity contribution in [2.24, 2.45) is 5.92 Å². The maximum Gasteiger partial charge on any atom is 0.0449 e. The van der Waals surface area contributed by atoms with Gasteiger partial charge in [0, 0.05) is 18.6 Å². The van der Waals surface area contributed by atoms with Crippen LogP contribution in [-0.4, -0.2) is 30.6 Å². The number of benzene rings is 1. The van der Waals surface area contributed by atoms with Crippen molar-refractivity contribution >= 4 is 0 Å². The molecule has 0 spiro atoms. The Labute approximate surface area is 124 Å². The van der Waals surface area contributed by atoms with E-state index in [2.05, 4.69) is 61.3 Å². The minimum atomic E-state index is 0.462. The van der Waals surface area contributed by atoms with Crippen molar-refractivity contribution in [2.75, 3.05) is 19.6 Å². The number of likely N-dealkylation sites (tertiary alicyclic amines) is 1. The largest absolute Gasteiger partial charge is 0.309 e. The summed E-state index contributed by atoms with van der Waals surface area (Å²) in [7, 11) is 0. The Kier molecular flexibility index (Phi) is 6.06. The van der Waals surface area contributed by atoms with Crippen molar-refractivity contribution in [3.05, 3.63) is 35.9 Å². The maximum absolute atomic E-state index is 3.73. The molecular weight excluding hydrogens is 244 g/mol. The molecule has 1 fully saturated rings. The van der Waals surface area contributed by atoms with E-state index in [0.29, 0.717) is 12.1 Å². The monoisotopic (exact) mass is 274 g/mol. The summed E-state index contributed by atoms with van der Waals surface area (Å²) in [6.07, 6.45) is 3.92. The fourth-order valence-electron chi connectivity index (χ4n) is 3.20. The fourth-order valence-corrected chi connectivity index (χ4v) is 3.20. The van der Waals surface area contributed by atoms with E-state index >= 15 is 0 Å². The average Bonchev–Trinajstić information content (AvgIpc) is 2.48. The SMILES string of the molecule is CCCNC(CN1CCCC(C)C1C)c1ccccc1. The molecule has 2 nitrogen and oxygen atoms in total. The topological polar surface area (TPSA) is 15.3 Å². The number of hydrogen-bond acceptors (Lipinski definition) is 2. The van der Waals surface area contributed by atoms with Gasteiger partial charge in [-0.3, -0.25) is 4.90 Å². The Morgan fingerprint density at radius 1 is 1.25 bits per heavy atom. The van der Waals surface area contributed by atoms with E-state index in [1.54, 1.807) is 0 Å². The van der Waals surface area contributed by atoms with Crippen LogP contribution in [-0.2, 0) is 0 Å². The highest BCUT2D eigenvalue weighted by molar-refractivity contribution is 5.19. The van der Waals surface area contributed by atoms with E-state index in [9.17, 15) is 0 Å². The van der Waals surface area contributed by atoms with Crippen LogP contribution in [0.3, 0.4) is 0 Å². The van der Waals surface area contributed by atoms with Crippen molar-refractivity contribution in [1.82, 2.24) is 10.2 Å². The highest BCUT2D eigenvalue weighted by Gasteiger charge is 2.26. The van der Waals surface area contributed by atoms with Crippen molar-refractivity contribution in [3.63, 3.8) is 0 Å². The highest BCUT2D eigenvalue weighted by atomic mass is 15.2. The Morgan fingerprint density at radius 3 is 2.70 bits per heavy atom. The summed E-state index contributed by atoms with van der Waals surface area (Å²) in [5.41, 5.74) is 1.42. The zero-order chi connectivity index (χ0) is 14.4. The summed E-state index contributed by atoms with van der Waals surface area (Å²) in [5.74, 6) is 0.825. The first-order valence-electron chi connectivity index (χ1n) is 8.24. The van der Waals surface area contributed by atoms with E-state index < -0.39 is 0 Å². The number of piperidine rings is 1. The molecule has 0 radical (unpaired) electrons. The molecule has 1 aliphatic heterocycles. The molecule has 1 aromatic rings. The zero-order valence-electron chi connectivity index (χ0n) is 13.3. The van der Waals surface area contributed by atoms with Gasteiger partial charge in [0.05, 0.1) is 0 Å². The van der Waals surface area contributed by atoms with Gasteiger partial charge in [-0.25, -0.2) is 0 Å². The van der Waals surface area contributed by atoms with E-state index in [1.807, 2.05) is 0 Å². The molecule has 2 rings (SSSR count). The van der Waals surface area contributed by atoms with Crippen LogP contribution in [0.4, 0.5) is 0 Å². The molecule has 2 heteroatoms. The number of rotatable bonds is 6. The second-order valence-corrected chi connectivity index (χ2v) is 6.27. The minimum absolute atomic E-state index is 0.462. The summed E-state index contributed by atoms with van der Waals surface area (Å²) in [5, 5.41) is 3.73. The van der Waals surface area contributed by atoms with Crippen LogP contribution in [0.25, 0.3) is 0 Å². The maximum atomic E-state index is 3.73. The second-order valence-electron chi connectivity index (χ2n) is 6.27. The lowest BCUT2D eigenvalue weighted by atomic mass is 9.91. The van der Waals surface area contributed by atoms with Gasteiger partial charge >= 0.3 is 0 Å². The molecule has 1 aliphatic rings. The Hall–Kier alpha value is -0.860. The summed E-state index contributed by atoms with van der Waals surface area (Å²) in [4.78, 5) is 2.68. The molecule has 0 saturated carbocycles. The van der Waals surface area contributed by atoms with Crippen molar-refractivity contribution in [1.29, 1.82) is 0 Å². The van der Waals surface area contributed by atoms with E-state index in [4.69, 9.17) is 0 Å². The van der Waals surface area contributed by atoms with Gasteiger partial charge < -0.3 is 5.32 Å². The molecule has 0 aromatic heterocycles. The standard InChI is InChI=1S/C18H30N2/c1-4-12-19-18(17-10-6-5-7-11-17)14-20-13-8-9-15(2)16(20)3/h5-7,10-11,15-16,18-19H,4,8-9,12-14H2,1-3H3. The third-order valence-corrected chi connectivity index (χ3v) is 4.76. The van der Waals surface area contributed by atoms with Crippen LogP contribution in [0.2, 0.25) is 0 Å². The van der Waals surface area contributed by atoms with Crippen LogP contribution < -0.4 is 5.32 Å². The smallest absolute Gasteiger partial charge is 0.0449 e. The van der Waals surface area contributed by atoms with Crippen molar-refractivity contribution in [2.45, 2.75) is 52.1 Å². The first-order valence-corrected chi connectivity index (χ1v) is 8.24. The molecule has 3 atom stereocenters. The van der Waals surface area contributed by atoms with Crippen LogP contribution in [0.15, 0.2) is 30.3 Å². The molecule has 20 heavy (non-hydrogen) atoms. The fraction of sp³-hybridized carbons (Fsp3) is 0.667. The first kappa shape index (κ1) is 15.5. The van der Waals surface area contributed by atoms with Crippen molar-refractivity contribution in [3.8, 4) is 0 Å². The number of hydrogen-bond donors (Lipinski definition) is 1.